The lowest BCUT2D eigenvalue weighted by molar-refractivity contribution is -0.251. The Labute approximate surface area is 257 Å². The van der Waals surface area contributed by atoms with Crippen LogP contribution in [-0.4, -0.2) is 43.0 Å². The highest BCUT2D eigenvalue weighted by atomic mass is 16.5. The number of fused-ring (bicyclic) bond motifs is 3. The first-order chi connectivity index (χ1) is 19.3. The Morgan fingerprint density at radius 3 is 2.36 bits per heavy atom. The lowest BCUT2D eigenvalue weighted by Gasteiger charge is -2.71. The fourth-order valence-electron chi connectivity index (χ4n) is 11.8. The molecule has 12 atom stereocenters. The van der Waals surface area contributed by atoms with Crippen molar-refractivity contribution in [3.05, 3.63) is 11.6 Å². The van der Waals surface area contributed by atoms with Gasteiger partial charge in [-0.3, -0.25) is 4.79 Å². The van der Waals surface area contributed by atoms with Gasteiger partial charge in [0.25, 0.3) is 0 Å². The molecule has 0 radical (unpaired) electrons. The number of aliphatic carboxylic acids is 1. The van der Waals surface area contributed by atoms with Crippen LogP contribution in [0.15, 0.2) is 11.6 Å². The van der Waals surface area contributed by atoms with Gasteiger partial charge in [-0.1, -0.05) is 87.8 Å². The van der Waals surface area contributed by atoms with Gasteiger partial charge in [-0.2, -0.15) is 0 Å². The van der Waals surface area contributed by atoms with Gasteiger partial charge in [0.1, 0.15) is 0 Å². The molecule has 5 rings (SSSR count). The van der Waals surface area contributed by atoms with Gasteiger partial charge >= 0.3 is 5.97 Å². The van der Waals surface area contributed by atoms with Gasteiger partial charge in [0, 0.05) is 16.9 Å². The van der Waals surface area contributed by atoms with Gasteiger partial charge in [-0.05, 0) is 89.8 Å². The summed E-state index contributed by atoms with van der Waals surface area (Å²) in [6.07, 6.45) is 9.04. The molecule has 1 saturated heterocycles. The lowest BCUT2D eigenvalue weighted by atomic mass is 9.34. The van der Waals surface area contributed by atoms with Gasteiger partial charge in [0.2, 0.25) is 0 Å². The minimum absolute atomic E-state index is 0.00325. The van der Waals surface area contributed by atoms with E-state index in [9.17, 15) is 9.90 Å². The molecule has 1 aliphatic heterocycles. The molecule has 0 aromatic heterocycles. The van der Waals surface area contributed by atoms with Crippen molar-refractivity contribution in [2.75, 3.05) is 19.8 Å². The number of allylic oxidation sites excluding steroid dienone is 1. The van der Waals surface area contributed by atoms with E-state index in [0.717, 1.165) is 45.3 Å². The van der Waals surface area contributed by atoms with Crippen LogP contribution < -0.4 is 5.73 Å². The third-order valence-corrected chi connectivity index (χ3v) is 14.9. The predicted molar refractivity (Wildman–Crippen MR) is 170 cm³/mol. The molecular weight excluding hydrogens is 522 g/mol. The quantitative estimate of drug-likeness (QED) is 0.309. The smallest absolute Gasteiger partial charge is 0.307 e. The van der Waals surface area contributed by atoms with Crippen molar-refractivity contribution in [2.45, 2.75) is 127 Å². The second-order valence-corrected chi connectivity index (χ2v) is 18.3. The van der Waals surface area contributed by atoms with Crippen LogP contribution >= 0.6 is 0 Å². The summed E-state index contributed by atoms with van der Waals surface area (Å²) in [6.45, 7) is 27.5. The molecule has 3 saturated carbocycles. The van der Waals surface area contributed by atoms with Gasteiger partial charge < -0.3 is 20.3 Å². The monoisotopic (exact) mass is 585 g/mol. The maximum atomic E-state index is 13.3. The Morgan fingerprint density at radius 2 is 1.76 bits per heavy atom. The number of ether oxygens (including phenoxy) is 2. The van der Waals surface area contributed by atoms with E-state index in [-0.39, 0.29) is 50.6 Å². The van der Waals surface area contributed by atoms with Crippen molar-refractivity contribution in [3.63, 3.8) is 0 Å². The summed E-state index contributed by atoms with van der Waals surface area (Å²) < 4.78 is 13.4. The highest BCUT2D eigenvalue weighted by molar-refractivity contribution is 5.73. The first kappa shape index (κ1) is 32.5. The molecule has 0 aromatic rings. The minimum atomic E-state index is -0.588. The molecule has 5 aliphatic rings. The number of hydrogen-bond acceptors (Lipinski definition) is 4. The van der Waals surface area contributed by atoms with E-state index in [4.69, 9.17) is 15.2 Å². The van der Waals surface area contributed by atoms with Crippen LogP contribution in [-0.2, 0) is 14.3 Å². The molecule has 1 heterocycles. The molecule has 0 unspecified atom stereocenters. The van der Waals surface area contributed by atoms with Gasteiger partial charge in [-0.15, -0.1) is 0 Å². The van der Waals surface area contributed by atoms with E-state index in [2.05, 4.69) is 82.2 Å². The first-order valence-electron chi connectivity index (χ1n) is 17.2. The fourth-order valence-corrected chi connectivity index (χ4v) is 11.8. The average Bonchev–Trinajstić information content (AvgIpc) is 2.87. The average molecular weight is 586 g/mol. The summed E-state index contributed by atoms with van der Waals surface area (Å²) in [5, 5.41) is 10.9. The Balaban J connectivity index is 1.52. The summed E-state index contributed by atoms with van der Waals surface area (Å²) in [5.74, 6) is 1.23. The number of carboxylic acids is 1. The van der Waals surface area contributed by atoms with Crippen LogP contribution in [0, 0.1) is 68.0 Å². The minimum Gasteiger partial charge on any atom is -0.481 e. The van der Waals surface area contributed by atoms with Crippen molar-refractivity contribution in [2.24, 2.45) is 73.7 Å². The standard InChI is InChI=1S/C37H63NO4/c1-22(2)24(4)33(8)16-17-35(10)25-12-13-27-34(9)20-41-21-37(27,26(25)14-15-36(35,11)29(33)31(39)40)18-23(3)30(34)42-19-28(38)32(5,6)7/h14,22-25,27-30H,12-13,15-21,38H2,1-11H3,(H,39,40)/t23-,24-,25+,27+,28+,29-,30+,33-,34-,35-,36+,37+/m1/s1. The first-order valence-corrected chi connectivity index (χ1v) is 17.2. The Kier molecular flexibility index (Phi) is 7.97. The SMILES string of the molecule is CC(C)[C@@H](C)[C@@]1(C)CC[C@]2(C)[C@H]3CC[C@@H]4[C@@]5(COC[C@@]4(C)[C@@H](OC[C@H](N)C(C)(C)C)[C@H](C)C5)C3=CC[C@@]2(C)[C@@H]1C(=O)O. The second kappa shape index (κ2) is 10.3. The lowest BCUT2D eigenvalue weighted by Crippen LogP contribution is -2.69. The van der Waals surface area contributed by atoms with Crippen LogP contribution in [0.1, 0.15) is 115 Å². The highest BCUT2D eigenvalue weighted by Gasteiger charge is 2.71. The van der Waals surface area contributed by atoms with Crippen molar-refractivity contribution in [3.8, 4) is 0 Å². The number of rotatable bonds is 6. The number of carbonyl (C=O) groups is 1. The maximum Gasteiger partial charge on any atom is 0.307 e. The molecule has 42 heavy (non-hydrogen) atoms. The summed E-state index contributed by atoms with van der Waals surface area (Å²) in [7, 11) is 0. The molecule has 4 aliphatic carbocycles. The van der Waals surface area contributed by atoms with Gasteiger partial charge in [-0.25, -0.2) is 0 Å². The van der Waals surface area contributed by atoms with Crippen LogP contribution in [0.2, 0.25) is 0 Å². The summed E-state index contributed by atoms with van der Waals surface area (Å²) in [4.78, 5) is 13.3. The topological polar surface area (TPSA) is 81.8 Å². The van der Waals surface area contributed by atoms with E-state index in [1.165, 1.54) is 6.42 Å². The third kappa shape index (κ3) is 4.36. The number of nitrogens with two attached hydrogens (primary N) is 1. The van der Waals surface area contributed by atoms with Crippen molar-refractivity contribution >= 4 is 5.97 Å². The molecular formula is C37H63NO4. The highest BCUT2D eigenvalue weighted by Crippen LogP contribution is 2.75. The summed E-state index contributed by atoms with van der Waals surface area (Å²) in [5.41, 5.74) is 7.64. The maximum absolute atomic E-state index is 13.3. The van der Waals surface area contributed by atoms with E-state index in [1.807, 2.05) is 0 Å². The van der Waals surface area contributed by atoms with Crippen LogP contribution in [0.4, 0.5) is 0 Å². The largest absolute Gasteiger partial charge is 0.481 e. The Hall–Kier alpha value is -0.910. The molecule has 5 heteroatoms. The van der Waals surface area contributed by atoms with E-state index in [0.29, 0.717) is 36.2 Å². The van der Waals surface area contributed by atoms with Crippen LogP contribution in [0.3, 0.4) is 0 Å². The van der Waals surface area contributed by atoms with Crippen LogP contribution in [0.5, 0.6) is 0 Å². The second-order valence-electron chi connectivity index (χ2n) is 18.3. The zero-order valence-corrected chi connectivity index (χ0v) is 28.8. The number of carboxylic acid groups (broad SMARTS) is 1. The van der Waals surface area contributed by atoms with Crippen molar-refractivity contribution in [1.29, 1.82) is 0 Å². The molecule has 4 fully saturated rings. The Morgan fingerprint density at radius 1 is 1.10 bits per heavy atom. The molecule has 5 nitrogen and oxygen atoms in total. The van der Waals surface area contributed by atoms with Crippen LogP contribution in [0.25, 0.3) is 0 Å². The zero-order valence-electron chi connectivity index (χ0n) is 28.8. The Bertz CT molecular complexity index is 1090. The number of hydrogen-bond donors (Lipinski definition) is 2. The van der Waals surface area contributed by atoms with Gasteiger partial charge in [0.05, 0.1) is 31.8 Å². The fraction of sp³-hybridized carbons (Fsp3) is 0.919. The third-order valence-electron chi connectivity index (χ3n) is 14.9. The summed E-state index contributed by atoms with van der Waals surface area (Å²) in [6, 6.07) is -0.00325. The van der Waals surface area contributed by atoms with E-state index in [1.54, 1.807) is 5.57 Å². The molecule has 2 bridgehead atoms. The van der Waals surface area contributed by atoms with Crippen molar-refractivity contribution < 1.29 is 19.4 Å². The molecule has 0 amide bonds. The zero-order chi connectivity index (χ0) is 31.3. The predicted octanol–water partition coefficient (Wildman–Crippen LogP) is 7.97. The summed E-state index contributed by atoms with van der Waals surface area (Å²) >= 11 is 0. The molecule has 0 spiro atoms. The molecule has 0 aromatic carbocycles. The van der Waals surface area contributed by atoms with E-state index >= 15 is 0 Å². The van der Waals surface area contributed by atoms with Gasteiger partial charge in [0.15, 0.2) is 0 Å². The van der Waals surface area contributed by atoms with Crippen molar-refractivity contribution in [1.82, 2.24) is 0 Å². The normalized spacial score (nSPS) is 48.4. The van der Waals surface area contributed by atoms with E-state index < -0.39 is 5.97 Å². The molecule has 3 N–H and O–H groups in total. The molecule has 240 valence electrons.